The molecule has 2 rings (SSSR count). The van der Waals surface area contributed by atoms with Crippen molar-refractivity contribution in [2.75, 3.05) is 0 Å². The maximum Gasteiger partial charge on any atom is 0.0453 e. The zero-order valence-electron chi connectivity index (χ0n) is 13.9. The van der Waals surface area contributed by atoms with E-state index in [-0.39, 0.29) is 5.41 Å². The van der Waals surface area contributed by atoms with Gasteiger partial charge in [-0.2, -0.15) is 0 Å². The Kier molecular flexibility index (Phi) is 6.42. The molecule has 0 fully saturated rings. The van der Waals surface area contributed by atoms with Gasteiger partial charge in [-0.15, -0.1) is 0 Å². The Bertz CT molecular complexity index is 654. The molecule has 0 N–H and O–H groups in total. The summed E-state index contributed by atoms with van der Waals surface area (Å²) in [6.07, 6.45) is 3.90. The van der Waals surface area contributed by atoms with Crippen LogP contribution in [0, 0.1) is 5.41 Å². The van der Waals surface area contributed by atoms with Gasteiger partial charge in [0.15, 0.2) is 0 Å². The summed E-state index contributed by atoms with van der Waals surface area (Å²) in [4.78, 5) is 0. The van der Waals surface area contributed by atoms with Crippen molar-refractivity contribution >= 4 is 34.8 Å². The summed E-state index contributed by atoms with van der Waals surface area (Å²) in [5.41, 5.74) is 3.55. The molecule has 2 aromatic carbocycles. The number of halogens is 3. The summed E-state index contributed by atoms with van der Waals surface area (Å²) in [5, 5.41) is 2.35. The molecule has 0 atom stereocenters. The van der Waals surface area contributed by atoms with Crippen molar-refractivity contribution in [1.29, 1.82) is 0 Å². The molecule has 0 aliphatic rings. The zero-order chi connectivity index (χ0) is 17.0. The van der Waals surface area contributed by atoms with E-state index < -0.39 is 0 Å². The van der Waals surface area contributed by atoms with Crippen LogP contribution in [-0.2, 0) is 19.3 Å². The van der Waals surface area contributed by atoms with Crippen molar-refractivity contribution in [3.8, 4) is 0 Å². The van der Waals surface area contributed by atoms with Gasteiger partial charge in [0.1, 0.15) is 0 Å². The first-order valence-electron chi connectivity index (χ1n) is 8.02. The Morgan fingerprint density at radius 2 is 1.52 bits per heavy atom. The van der Waals surface area contributed by atoms with Crippen LogP contribution in [0.15, 0.2) is 36.4 Å². The number of hydrogen-bond donors (Lipinski definition) is 0. The van der Waals surface area contributed by atoms with E-state index >= 15 is 0 Å². The minimum absolute atomic E-state index is 0.0459. The third-order valence-electron chi connectivity index (χ3n) is 4.04. The van der Waals surface area contributed by atoms with Crippen molar-refractivity contribution in [2.24, 2.45) is 5.41 Å². The fourth-order valence-electron chi connectivity index (χ4n) is 2.97. The summed E-state index contributed by atoms with van der Waals surface area (Å²) >= 11 is 19.0. The molecule has 0 bridgehead atoms. The molecule has 0 aliphatic carbocycles. The summed E-state index contributed by atoms with van der Waals surface area (Å²) in [6, 6.07) is 12.1. The second-order valence-corrected chi connectivity index (χ2v) is 8.12. The quantitative estimate of drug-likeness (QED) is 0.497. The molecule has 0 unspecified atom stereocenters. The Morgan fingerprint density at radius 1 is 0.870 bits per heavy atom. The molecule has 124 valence electrons. The molecule has 0 radical (unpaired) electrons. The fourth-order valence-corrected chi connectivity index (χ4v) is 3.80. The van der Waals surface area contributed by atoms with Crippen LogP contribution in [-0.4, -0.2) is 0 Å². The van der Waals surface area contributed by atoms with Gasteiger partial charge in [0.25, 0.3) is 0 Å². The molecule has 0 saturated heterocycles. The molecule has 3 heteroatoms. The maximum atomic E-state index is 6.41. The highest BCUT2D eigenvalue weighted by Gasteiger charge is 2.22. The largest absolute Gasteiger partial charge is 0.0840 e. The normalized spacial score (nSPS) is 11.7. The van der Waals surface area contributed by atoms with E-state index in [0.29, 0.717) is 0 Å². The van der Waals surface area contributed by atoms with Crippen molar-refractivity contribution < 1.29 is 0 Å². The molecular formula is C20H23Cl3. The average Bonchev–Trinajstić information content (AvgIpc) is 2.46. The van der Waals surface area contributed by atoms with E-state index in [0.717, 1.165) is 46.3 Å². The van der Waals surface area contributed by atoms with E-state index in [1.807, 2.05) is 18.2 Å². The summed E-state index contributed by atoms with van der Waals surface area (Å²) in [6.45, 7) is 6.64. The lowest BCUT2D eigenvalue weighted by Gasteiger charge is -2.26. The molecule has 0 nitrogen and oxygen atoms in total. The summed E-state index contributed by atoms with van der Waals surface area (Å²) < 4.78 is 0. The second-order valence-electron chi connectivity index (χ2n) is 6.89. The molecule has 0 amide bonds. The van der Waals surface area contributed by atoms with Crippen LogP contribution >= 0.6 is 34.8 Å². The Labute approximate surface area is 154 Å². The van der Waals surface area contributed by atoms with E-state index in [1.54, 1.807) is 0 Å². The number of rotatable bonds is 6. The monoisotopic (exact) mass is 368 g/mol. The summed E-state index contributed by atoms with van der Waals surface area (Å²) in [5.74, 6) is 0. The lowest BCUT2D eigenvalue weighted by atomic mass is 9.80. The topological polar surface area (TPSA) is 0 Å². The first-order chi connectivity index (χ1) is 10.8. The van der Waals surface area contributed by atoms with Gasteiger partial charge in [-0.25, -0.2) is 0 Å². The van der Waals surface area contributed by atoms with Gasteiger partial charge in [-0.05, 0) is 59.6 Å². The highest BCUT2D eigenvalue weighted by atomic mass is 35.5. The molecule has 23 heavy (non-hydrogen) atoms. The van der Waals surface area contributed by atoms with Crippen LogP contribution < -0.4 is 0 Å². The van der Waals surface area contributed by atoms with Crippen LogP contribution in [0.3, 0.4) is 0 Å². The third kappa shape index (κ3) is 5.14. The lowest BCUT2D eigenvalue weighted by molar-refractivity contribution is 0.361. The third-order valence-corrected chi connectivity index (χ3v) is 5.10. The SMILES string of the molecule is CCCc1ccc(CC(C)(C)Cc2c(Cl)cccc2Cl)cc1Cl. The van der Waals surface area contributed by atoms with Gasteiger partial charge in [0, 0.05) is 15.1 Å². The van der Waals surface area contributed by atoms with Crippen LogP contribution in [0.5, 0.6) is 0 Å². The number of aryl methyl sites for hydroxylation is 1. The number of benzene rings is 2. The van der Waals surface area contributed by atoms with E-state index in [1.165, 1.54) is 11.1 Å². The molecule has 0 aromatic heterocycles. The van der Waals surface area contributed by atoms with E-state index in [2.05, 4.69) is 39.0 Å². The highest BCUT2D eigenvalue weighted by Crippen LogP contribution is 2.34. The Balaban J connectivity index is 2.16. The molecular weight excluding hydrogens is 347 g/mol. The standard InChI is InChI=1S/C20H23Cl3/c1-4-6-15-10-9-14(11-19(15)23)12-20(2,3)13-16-17(21)7-5-8-18(16)22/h5,7-11H,4,6,12-13H2,1-3H3. The lowest BCUT2D eigenvalue weighted by Crippen LogP contribution is -2.19. The average molecular weight is 370 g/mol. The van der Waals surface area contributed by atoms with Gasteiger partial charge >= 0.3 is 0 Å². The summed E-state index contributed by atoms with van der Waals surface area (Å²) in [7, 11) is 0. The first kappa shape index (κ1) is 18.6. The highest BCUT2D eigenvalue weighted by molar-refractivity contribution is 6.36. The fraction of sp³-hybridized carbons (Fsp3) is 0.400. The van der Waals surface area contributed by atoms with E-state index in [4.69, 9.17) is 34.8 Å². The van der Waals surface area contributed by atoms with E-state index in [9.17, 15) is 0 Å². The van der Waals surface area contributed by atoms with Crippen LogP contribution in [0.25, 0.3) is 0 Å². The predicted molar refractivity (Wildman–Crippen MR) is 103 cm³/mol. The molecule has 0 saturated carbocycles. The van der Waals surface area contributed by atoms with Crippen LogP contribution in [0.2, 0.25) is 15.1 Å². The predicted octanol–water partition coefficient (Wildman–Crippen LogP) is 7.41. The minimum atomic E-state index is 0.0459. The van der Waals surface area contributed by atoms with Crippen LogP contribution in [0.1, 0.15) is 43.9 Å². The van der Waals surface area contributed by atoms with Crippen molar-refractivity contribution in [3.05, 3.63) is 68.2 Å². The minimum Gasteiger partial charge on any atom is -0.0840 e. The molecule has 2 aromatic rings. The Hall–Kier alpha value is -0.690. The Morgan fingerprint density at radius 3 is 2.09 bits per heavy atom. The zero-order valence-corrected chi connectivity index (χ0v) is 16.2. The van der Waals surface area contributed by atoms with Crippen molar-refractivity contribution in [1.82, 2.24) is 0 Å². The van der Waals surface area contributed by atoms with Gasteiger partial charge in [-0.3, -0.25) is 0 Å². The smallest absolute Gasteiger partial charge is 0.0453 e. The van der Waals surface area contributed by atoms with Crippen LogP contribution in [0.4, 0.5) is 0 Å². The van der Waals surface area contributed by atoms with Crippen molar-refractivity contribution in [3.63, 3.8) is 0 Å². The van der Waals surface area contributed by atoms with Gasteiger partial charge < -0.3 is 0 Å². The second kappa shape index (κ2) is 7.92. The number of hydrogen-bond acceptors (Lipinski definition) is 0. The van der Waals surface area contributed by atoms with Crippen molar-refractivity contribution in [2.45, 2.75) is 46.5 Å². The molecule has 0 heterocycles. The van der Waals surface area contributed by atoms with Gasteiger partial charge in [0.2, 0.25) is 0 Å². The molecule has 0 spiro atoms. The van der Waals surface area contributed by atoms with Gasteiger partial charge in [0.05, 0.1) is 0 Å². The van der Waals surface area contributed by atoms with Gasteiger partial charge in [-0.1, -0.05) is 80.2 Å². The maximum absolute atomic E-state index is 6.41. The first-order valence-corrected chi connectivity index (χ1v) is 9.16. The molecule has 0 aliphatic heterocycles.